The Morgan fingerprint density at radius 1 is 0.895 bits per heavy atom. The molecule has 0 amide bonds. The highest BCUT2D eigenvalue weighted by Gasteiger charge is 2.44. The minimum Gasteiger partial charge on any atom is -0.508 e. The highest BCUT2D eigenvalue weighted by molar-refractivity contribution is 6.00. The molecule has 0 aromatic heterocycles. The third-order valence-electron chi connectivity index (χ3n) is 8.64. The summed E-state index contributed by atoms with van der Waals surface area (Å²) in [5.74, 6) is 1.11. The standard InChI is InChI=1S/C33H41N3O2/c1-5-21(4)33(27-15-14-24-10-8-9-11-25(24)19-27)35-31(26-13-12-22(6-2)23(7-3)18-26)34-32(36-33)29-17-16-28(37)20-30(29)38/h12-21,32,36-38H,5-11H2,1-4H3,(H,34,35). The zero-order valence-corrected chi connectivity index (χ0v) is 23.1. The molecule has 0 fully saturated rings. The van der Waals surface area contributed by atoms with E-state index >= 15 is 0 Å². The summed E-state index contributed by atoms with van der Waals surface area (Å²) in [5, 5.41) is 28.5. The van der Waals surface area contributed by atoms with E-state index in [1.54, 1.807) is 12.1 Å². The number of aliphatic imine (C=N–C) groups is 1. The summed E-state index contributed by atoms with van der Waals surface area (Å²) in [5.41, 5.74) is 7.89. The Balaban J connectivity index is 1.69. The lowest BCUT2D eigenvalue weighted by atomic mass is 9.80. The molecule has 5 heteroatoms. The van der Waals surface area contributed by atoms with Gasteiger partial charge in [0, 0.05) is 17.2 Å². The molecule has 5 rings (SSSR count). The first-order chi connectivity index (χ1) is 18.4. The number of nitrogens with one attached hydrogen (secondary N) is 2. The second-order valence-corrected chi connectivity index (χ2v) is 10.9. The van der Waals surface area contributed by atoms with Crippen LogP contribution >= 0.6 is 0 Å². The summed E-state index contributed by atoms with van der Waals surface area (Å²) < 4.78 is 0. The van der Waals surface area contributed by atoms with Crippen LogP contribution in [0.25, 0.3) is 0 Å². The van der Waals surface area contributed by atoms with Crippen molar-refractivity contribution in [3.63, 3.8) is 0 Å². The Labute approximate surface area is 227 Å². The maximum Gasteiger partial charge on any atom is 0.133 e. The normalized spacial score (nSPS) is 21.8. The molecule has 3 aromatic carbocycles. The van der Waals surface area contributed by atoms with Crippen LogP contribution in [-0.2, 0) is 31.3 Å². The van der Waals surface area contributed by atoms with Gasteiger partial charge in [-0.15, -0.1) is 0 Å². The van der Waals surface area contributed by atoms with Gasteiger partial charge in [0.15, 0.2) is 0 Å². The van der Waals surface area contributed by atoms with Crippen molar-refractivity contribution in [2.45, 2.75) is 84.5 Å². The summed E-state index contributed by atoms with van der Waals surface area (Å²) >= 11 is 0. The number of hydrogen-bond acceptors (Lipinski definition) is 5. The number of fused-ring (bicyclic) bond motifs is 1. The van der Waals surface area contributed by atoms with Gasteiger partial charge in [-0.25, -0.2) is 4.99 Å². The Bertz CT molecular complexity index is 1350. The van der Waals surface area contributed by atoms with Gasteiger partial charge in [0.25, 0.3) is 0 Å². The number of aromatic hydroxyl groups is 2. The molecule has 200 valence electrons. The molecule has 1 heterocycles. The van der Waals surface area contributed by atoms with Crippen molar-refractivity contribution in [2.24, 2.45) is 10.9 Å². The van der Waals surface area contributed by atoms with Crippen LogP contribution in [0.15, 0.2) is 59.6 Å². The number of hydrogen-bond donors (Lipinski definition) is 4. The lowest BCUT2D eigenvalue weighted by Gasteiger charge is -2.47. The Morgan fingerprint density at radius 3 is 2.37 bits per heavy atom. The first-order valence-electron chi connectivity index (χ1n) is 14.3. The van der Waals surface area contributed by atoms with Gasteiger partial charge < -0.3 is 15.5 Å². The molecule has 5 nitrogen and oxygen atoms in total. The largest absolute Gasteiger partial charge is 0.508 e. The van der Waals surface area contributed by atoms with Crippen molar-refractivity contribution in [1.29, 1.82) is 0 Å². The summed E-state index contributed by atoms with van der Waals surface area (Å²) in [7, 11) is 0. The van der Waals surface area contributed by atoms with Crippen molar-refractivity contribution >= 4 is 5.84 Å². The van der Waals surface area contributed by atoms with E-state index in [-0.39, 0.29) is 17.4 Å². The van der Waals surface area contributed by atoms with Crippen molar-refractivity contribution in [1.82, 2.24) is 10.6 Å². The molecule has 2 aliphatic rings. The van der Waals surface area contributed by atoms with E-state index in [0.29, 0.717) is 5.56 Å². The summed E-state index contributed by atoms with van der Waals surface area (Å²) in [6.45, 7) is 8.89. The van der Waals surface area contributed by atoms with Crippen LogP contribution in [0.1, 0.15) is 92.1 Å². The first kappa shape index (κ1) is 26.3. The van der Waals surface area contributed by atoms with E-state index in [1.165, 1.54) is 46.7 Å². The molecule has 0 saturated heterocycles. The second kappa shape index (κ2) is 10.8. The van der Waals surface area contributed by atoms with Crippen molar-refractivity contribution in [3.8, 4) is 11.5 Å². The van der Waals surface area contributed by atoms with Crippen molar-refractivity contribution in [2.75, 3.05) is 0 Å². The van der Waals surface area contributed by atoms with Crippen LogP contribution in [0, 0.1) is 5.92 Å². The van der Waals surface area contributed by atoms with Crippen LogP contribution in [-0.4, -0.2) is 16.0 Å². The lowest BCUT2D eigenvalue weighted by Crippen LogP contribution is -2.63. The predicted molar refractivity (Wildman–Crippen MR) is 155 cm³/mol. The molecule has 3 atom stereocenters. The first-order valence-corrected chi connectivity index (χ1v) is 14.3. The fraction of sp³-hybridized carbons (Fsp3) is 0.424. The van der Waals surface area contributed by atoms with Crippen molar-refractivity contribution in [3.05, 3.63) is 93.5 Å². The minimum absolute atomic E-state index is 0.0339. The number of benzene rings is 3. The molecule has 1 aliphatic heterocycles. The van der Waals surface area contributed by atoms with Gasteiger partial charge >= 0.3 is 0 Å². The lowest BCUT2D eigenvalue weighted by molar-refractivity contribution is 0.159. The molecule has 3 unspecified atom stereocenters. The molecular weight excluding hydrogens is 470 g/mol. The van der Waals surface area contributed by atoms with E-state index in [1.807, 2.05) is 0 Å². The summed E-state index contributed by atoms with van der Waals surface area (Å²) in [6.07, 6.45) is 7.17. The number of phenols is 2. The van der Waals surface area contributed by atoms with Gasteiger partial charge in [0.05, 0.1) is 0 Å². The Kier molecular flexibility index (Phi) is 7.49. The minimum atomic E-state index is -0.594. The second-order valence-electron chi connectivity index (χ2n) is 10.9. The third-order valence-corrected chi connectivity index (χ3v) is 8.64. The molecule has 0 bridgehead atoms. The molecule has 1 aliphatic carbocycles. The average Bonchev–Trinajstić information content (AvgIpc) is 2.95. The molecule has 0 radical (unpaired) electrons. The van der Waals surface area contributed by atoms with Gasteiger partial charge in [-0.3, -0.25) is 5.32 Å². The molecule has 0 saturated carbocycles. The molecule has 3 aromatic rings. The molecule has 0 spiro atoms. The topological polar surface area (TPSA) is 76.9 Å². The maximum atomic E-state index is 10.9. The summed E-state index contributed by atoms with van der Waals surface area (Å²) in [4.78, 5) is 5.12. The van der Waals surface area contributed by atoms with E-state index in [4.69, 9.17) is 4.99 Å². The van der Waals surface area contributed by atoms with E-state index in [2.05, 4.69) is 74.7 Å². The predicted octanol–water partition coefficient (Wildman–Crippen LogP) is 6.64. The van der Waals surface area contributed by atoms with Crippen LogP contribution in [0.4, 0.5) is 0 Å². The van der Waals surface area contributed by atoms with E-state index < -0.39 is 11.8 Å². The SMILES string of the molecule is CCc1ccc(C2=NC(c3ccc(O)cc3O)NC(c3ccc4c(c3)CCCC4)(C(C)CC)N2)cc1CC. The zero-order valence-electron chi connectivity index (χ0n) is 23.1. The average molecular weight is 512 g/mol. The van der Waals surface area contributed by atoms with Crippen LogP contribution < -0.4 is 10.6 Å². The van der Waals surface area contributed by atoms with Crippen LogP contribution in [0.3, 0.4) is 0 Å². The van der Waals surface area contributed by atoms with Crippen molar-refractivity contribution < 1.29 is 10.2 Å². The Morgan fingerprint density at radius 2 is 1.66 bits per heavy atom. The van der Waals surface area contributed by atoms with Crippen LogP contribution in [0.5, 0.6) is 11.5 Å². The molecular formula is C33H41N3O2. The molecule has 4 N–H and O–H groups in total. The van der Waals surface area contributed by atoms with Gasteiger partial charge in [0.1, 0.15) is 29.2 Å². The summed E-state index contributed by atoms with van der Waals surface area (Å²) in [6, 6.07) is 18.4. The fourth-order valence-electron chi connectivity index (χ4n) is 6.13. The monoisotopic (exact) mass is 511 g/mol. The van der Waals surface area contributed by atoms with Gasteiger partial charge in [-0.05, 0) is 96.9 Å². The van der Waals surface area contributed by atoms with E-state index in [0.717, 1.165) is 43.5 Å². The number of rotatable bonds is 7. The number of aryl methyl sites for hydroxylation is 4. The Hall–Kier alpha value is -3.31. The van der Waals surface area contributed by atoms with Gasteiger partial charge in [0.2, 0.25) is 0 Å². The molecule has 38 heavy (non-hydrogen) atoms. The number of nitrogens with zero attached hydrogens (tertiary/aromatic N) is 1. The quantitative estimate of drug-likeness (QED) is 0.287. The van der Waals surface area contributed by atoms with Crippen LogP contribution in [0.2, 0.25) is 0 Å². The maximum absolute atomic E-state index is 10.9. The van der Waals surface area contributed by atoms with Gasteiger partial charge in [-0.2, -0.15) is 0 Å². The number of phenolic OH excluding ortho intramolecular Hbond substituents is 2. The highest BCUT2D eigenvalue weighted by Crippen LogP contribution is 2.40. The highest BCUT2D eigenvalue weighted by atomic mass is 16.3. The fourth-order valence-corrected chi connectivity index (χ4v) is 6.13. The van der Waals surface area contributed by atoms with Gasteiger partial charge in [-0.1, -0.05) is 58.0 Å². The van der Waals surface area contributed by atoms with E-state index in [9.17, 15) is 10.2 Å². The zero-order chi connectivity index (χ0) is 26.9. The smallest absolute Gasteiger partial charge is 0.133 e. The number of amidine groups is 1. The third kappa shape index (κ3) is 4.80.